The Labute approximate surface area is 236 Å². The monoisotopic (exact) mass is 577 g/mol. The molecule has 13 heteroatoms. The van der Waals surface area contributed by atoms with Crippen molar-refractivity contribution in [2.24, 2.45) is 7.05 Å². The quantitative estimate of drug-likeness (QED) is 0.295. The molecular formula is C29H26F3N7O3. The van der Waals surface area contributed by atoms with Crippen LogP contribution in [0.15, 0.2) is 35.5 Å². The van der Waals surface area contributed by atoms with E-state index in [4.69, 9.17) is 0 Å². The lowest BCUT2D eigenvalue weighted by Gasteiger charge is -2.30. The van der Waals surface area contributed by atoms with E-state index in [-0.39, 0.29) is 40.4 Å². The van der Waals surface area contributed by atoms with Crippen LogP contribution < -0.4 is 15.6 Å². The summed E-state index contributed by atoms with van der Waals surface area (Å²) in [4.78, 5) is 40.8. The van der Waals surface area contributed by atoms with Gasteiger partial charge in [-0.2, -0.15) is 0 Å². The summed E-state index contributed by atoms with van der Waals surface area (Å²) in [6.45, 7) is 0.971. The van der Waals surface area contributed by atoms with Crippen molar-refractivity contribution < 1.29 is 23.1 Å². The molecule has 2 aliphatic rings. The zero-order chi connectivity index (χ0) is 29.7. The van der Waals surface area contributed by atoms with E-state index in [9.17, 15) is 19.1 Å². The van der Waals surface area contributed by atoms with Crippen LogP contribution in [-0.4, -0.2) is 80.9 Å². The van der Waals surface area contributed by atoms with Gasteiger partial charge in [0.2, 0.25) is 5.43 Å². The molecule has 2 saturated heterocycles. The van der Waals surface area contributed by atoms with Crippen molar-refractivity contribution in [3.63, 3.8) is 0 Å². The standard InChI is InChI=1S/C29H26F3N7O3/c1-33-18-7-17(30)22(31)20-21-24(39-5-4-29(32)12-37(2)11-19(29)39)15(9-34-26(21)36-23(18)20)13-6-14-25(40)16(28(41)42)10-38(3)27(14)35-8-13/h6-10,19,33H,4-5,11-12H2,1-3H3,(H,34,36)(H,41,42). The number of rotatable bonds is 4. The largest absolute Gasteiger partial charge is 0.477 e. The molecule has 10 nitrogen and oxygen atoms in total. The lowest BCUT2D eigenvalue weighted by molar-refractivity contribution is 0.0695. The summed E-state index contributed by atoms with van der Waals surface area (Å²) in [5.74, 6) is -3.49. The summed E-state index contributed by atoms with van der Waals surface area (Å²) in [7, 11) is 5.02. The van der Waals surface area contributed by atoms with Crippen molar-refractivity contribution in [2.75, 3.05) is 43.9 Å². The highest BCUT2D eigenvalue weighted by Crippen LogP contribution is 2.48. The molecule has 6 heterocycles. The van der Waals surface area contributed by atoms with Gasteiger partial charge in [0.05, 0.1) is 39.1 Å². The number of alkyl halides is 1. The van der Waals surface area contributed by atoms with Gasteiger partial charge in [-0.3, -0.25) is 4.79 Å². The van der Waals surface area contributed by atoms with Crippen molar-refractivity contribution in [2.45, 2.75) is 18.1 Å². The van der Waals surface area contributed by atoms with E-state index in [2.05, 4.69) is 20.3 Å². The van der Waals surface area contributed by atoms with Gasteiger partial charge in [0.25, 0.3) is 0 Å². The summed E-state index contributed by atoms with van der Waals surface area (Å²) < 4.78 is 48.2. The second-order valence-corrected chi connectivity index (χ2v) is 11.2. The van der Waals surface area contributed by atoms with Crippen LogP contribution in [0.2, 0.25) is 0 Å². The molecule has 0 bridgehead atoms. The number of hydrogen-bond acceptors (Lipinski definition) is 7. The number of carboxylic acid groups (broad SMARTS) is 1. The molecule has 0 spiro atoms. The maximum Gasteiger partial charge on any atom is 0.341 e. The van der Waals surface area contributed by atoms with Crippen molar-refractivity contribution in [3.8, 4) is 11.1 Å². The molecule has 2 atom stereocenters. The molecule has 216 valence electrons. The Balaban J connectivity index is 1.58. The van der Waals surface area contributed by atoms with Crippen LogP contribution in [0.1, 0.15) is 16.8 Å². The number of pyridine rings is 3. The van der Waals surface area contributed by atoms with E-state index in [0.29, 0.717) is 41.1 Å². The third-order valence-corrected chi connectivity index (χ3v) is 8.63. The number of nitrogens with zero attached hydrogens (tertiary/aromatic N) is 5. The van der Waals surface area contributed by atoms with Crippen LogP contribution in [0, 0.1) is 11.6 Å². The minimum Gasteiger partial charge on any atom is -0.477 e. The van der Waals surface area contributed by atoms with E-state index in [1.807, 2.05) is 16.8 Å². The zero-order valence-electron chi connectivity index (χ0n) is 22.9. The Morgan fingerprint density at radius 3 is 2.71 bits per heavy atom. The molecule has 0 amide bonds. The van der Waals surface area contributed by atoms with Crippen molar-refractivity contribution >= 4 is 50.3 Å². The molecule has 5 aromatic rings. The number of benzene rings is 1. The lowest BCUT2D eigenvalue weighted by Crippen LogP contribution is -2.40. The molecule has 0 aliphatic carbocycles. The van der Waals surface area contributed by atoms with Crippen LogP contribution >= 0.6 is 0 Å². The average molecular weight is 578 g/mol. The van der Waals surface area contributed by atoms with Crippen LogP contribution in [0.25, 0.3) is 44.1 Å². The number of likely N-dealkylation sites (N-methyl/N-ethyl adjacent to an activating group) is 1. The number of hydrogen-bond donors (Lipinski definition) is 3. The molecule has 2 fully saturated rings. The van der Waals surface area contributed by atoms with E-state index < -0.39 is 40.3 Å². The number of anilines is 2. The number of nitrogens with one attached hydrogen (secondary N) is 2. The fraction of sp³-hybridized carbons (Fsp3) is 0.310. The number of halogens is 3. The van der Waals surface area contributed by atoms with Crippen molar-refractivity contribution in [3.05, 3.63) is 58.1 Å². The van der Waals surface area contributed by atoms with Crippen LogP contribution in [0.3, 0.4) is 0 Å². The summed E-state index contributed by atoms with van der Waals surface area (Å²) in [5, 5.41) is 12.8. The molecule has 3 N–H and O–H groups in total. The highest BCUT2D eigenvalue weighted by Gasteiger charge is 2.54. The maximum absolute atomic E-state index is 16.2. The molecular weight excluding hydrogens is 551 g/mol. The van der Waals surface area contributed by atoms with Gasteiger partial charge in [-0.1, -0.05) is 0 Å². The lowest BCUT2D eigenvalue weighted by atomic mass is 9.98. The molecule has 2 unspecified atom stereocenters. The van der Waals surface area contributed by atoms with E-state index >= 15 is 8.78 Å². The van der Waals surface area contributed by atoms with E-state index in [1.54, 1.807) is 14.1 Å². The van der Waals surface area contributed by atoms with Gasteiger partial charge < -0.3 is 29.8 Å². The molecule has 0 radical (unpaired) electrons. The Hall–Kier alpha value is -4.65. The first kappa shape index (κ1) is 26.3. The van der Waals surface area contributed by atoms with Crippen molar-refractivity contribution in [1.82, 2.24) is 24.4 Å². The summed E-state index contributed by atoms with van der Waals surface area (Å²) in [6.07, 6.45) is 4.50. The predicted octanol–water partition coefficient (Wildman–Crippen LogP) is 3.88. The normalized spacial score (nSPS) is 20.7. The average Bonchev–Trinajstić information content (AvgIpc) is 3.59. The maximum atomic E-state index is 16.2. The number of fused-ring (bicyclic) bond motifs is 5. The smallest absolute Gasteiger partial charge is 0.341 e. The number of aryl methyl sites for hydroxylation is 1. The van der Waals surface area contributed by atoms with Gasteiger partial charge in [0.1, 0.15) is 22.5 Å². The van der Waals surface area contributed by atoms with Crippen LogP contribution in [0.5, 0.6) is 0 Å². The Bertz CT molecular complexity index is 2040. The summed E-state index contributed by atoms with van der Waals surface area (Å²) >= 11 is 0. The third kappa shape index (κ3) is 3.55. The number of aromatic carboxylic acids is 1. The fourth-order valence-corrected chi connectivity index (χ4v) is 6.74. The van der Waals surface area contributed by atoms with Gasteiger partial charge in [-0.05, 0) is 13.1 Å². The second kappa shape index (κ2) is 8.92. The minimum absolute atomic E-state index is 0.0285. The van der Waals surface area contributed by atoms with Gasteiger partial charge in [0.15, 0.2) is 11.6 Å². The molecule has 2 aliphatic heterocycles. The van der Waals surface area contributed by atoms with Gasteiger partial charge >= 0.3 is 5.97 Å². The SMILES string of the molecule is CNc1cc(F)c(F)c2c1[nH]c1ncc(-c3cnc4c(c3)c(=O)c(C(=O)O)cn4C)c(N3CCC4(F)CN(C)CC34)c12. The number of aromatic amines is 1. The van der Waals surface area contributed by atoms with Crippen molar-refractivity contribution in [1.29, 1.82) is 0 Å². The zero-order valence-corrected chi connectivity index (χ0v) is 22.9. The van der Waals surface area contributed by atoms with E-state index in [1.165, 1.54) is 29.2 Å². The highest BCUT2D eigenvalue weighted by molar-refractivity contribution is 6.18. The number of carbonyl (C=O) groups is 1. The van der Waals surface area contributed by atoms with E-state index in [0.717, 1.165) is 6.07 Å². The highest BCUT2D eigenvalue weighted by atomic mass is 19.2. The number of H-pyrrole nitrogens is 1. The molecule has 42 heavy (non-hydrogen) atoms. The van der Waals surface area contributed by atoms with Gasteiger partial charge in [0, 0.05) is 75.9 Å². The van der Waals surface area contributed by atoms with Gasteiger partial charge in [-0.15, -0.1) is 0 Å². The van der Waals surface area contributed by atoms with Crippen LogP contribution in [-0.2, 0) is 7.05 Å². The summed E-state index contributed by atoms with van der Waals surface area (Å²) in [6, 6.07) is 2.01. The first-order chi connectivity index (χ1) is 20.0. The number of likely N-dealkylation sites (tertiary alicyclic amines) is 1. The topological polar surface area (TPSA) is 119 Å². The van der Waals surface area contributed by atoms with Gasteiger partial charge in [-0.25, -0.2) is 27.9 Å². The molecule has 4 aromatic heterocycles. The first-order valence-corrected chi connectivity index (χ1v) is 13.4. The Morgan fingerprint density at radius 1 is 1.19 bits per heavy atom. The predicted molar refractivity (Wildman–Crippen MR) is 153 cm³/mol. The second-order valence-electron chi connectivity index (χ2n) is 11.2. The third-order valence-electron chi connectivity index (χ3n) is 8.63. The Kier molecular flexibility index (Phi) is 5.58. The first-order valence-electron chi connectivity index (χ1n) is 13.4. The molecule has 7 rings (SSSR count). The molecule has 1 aromatic carbocycles. The summed E-state index contributed by atoms with van der Waals surface area (Å²) in [5.41, 5.74) is -0.190. The Morgan fingerprint density at radius 2 is 1.98 bits per heavy atom. The fourth-order valence-electron chi connectivity index (χ4n) is 6.74. The minimum atomic E-state index is -1.51. The number of aromatic nitrogens is 4. The molecule has 0 saturated carbocycles. The van der Waals surface area contributed by atoms with Crippen LogP contribution in [0.4, 0.5) is 24.5 Å². The number of carboxylic acids is 1.